The lowest BCUT2D eigenvalue weighted by atomic mass is 9.88. The van der Waals surface area contributed by atoms with Crippen molar-refractivity contribution in [1.29, 1.82) is 0 Å². The maximum atomic E-state index is 13.8. The van der Waals surface area contributed by atoms with Gasteiger partial charge in [0.15, 0.2) is 11.5 Å². The van der Waals surface area contributed by atoms with Gasteiger partial charge in [0, 0.05) is 19.5 Å². The Bertz CT molecular complexity index is 1650. The molecule has 5 aliphatic rings. The van der Waals surface area contributed by atoms with Gasteiger partial charge in [-0.3, -0.25) is 9.59 Å². The molecule has 10 heteroatoms. The van der Waals surface area contributed by atoms with Gasteiger partial charge < -0.3 is 24.8 Å². The lowest BCUT2D eigenvalue weighted by molar-refractivity contribution is -0.134. The Morgan fingerprint density at radius 1 is 1.02 bits per heavy atom. The second-order valence-corrected chi connectivity index (χ2v) is 11.0. The van der Waals surface area contributed by atoms with Crippen molar-refractivity contribution in [1.82, 2.24) is 25.0 Å². The number of hydrogen-bond acceptors (Lipinski definition) is 7. The van der Waals surface area contributed by atoms with Crippen molar-refractivity contribution < 1.29 is 24.2 Å². The van der Waals surface area contributed by atoms with Crippen molar-refractivity contribution in [3.8, 4) is 23.0 Å². The minimum atomic E-state index is -0.315. The van der Waals surface area contributed by atoms with E-state index in [1.165, 1.54) is 0 Å². The maximum absolute atomic E-state index is 13.8. The summed E-state index contributed by atoms with van der Waals surface area (Å²) in [5.41, 5.74) is 3.94. The SMILES string of the molecule is Cc1nc(C)n(CC(=O)N2CCc3cc4ccc3C2c2ccc(cc2)OCCCNC(=O)CCc2ccc(O)c(c2)O4)n1. The number of nitrogens with zero attached hydrogens (tertiary/aromatic N) is 4. The average Bonchev–Trinajstić information content (AvgIpc) is 3.32. The highest BCUT2D eigenvalue weighted by atomic mass is 16.5. The minimum Gasteiger partial charge on any atom is -0.504 e. The van der Waals surface area contributed by atoms with Crippen LogP contribution >= 0.6 is 0 Å². The minimum absolute atomic E-state index is 0.0256. The Kier molecular flexibility index (Phi) is 8.00. The second-order valence-electron chi connectivity index (χ2n) is 11.0. The van der Waals surface area contributed by atoms with Gasteiger partial charge in [-0.05, 0) is 91.8 Å². The summed E-state index contributed by atoms with van der Waals surface area (Å²) in [5, 5.41) is 17.9. The molecule has 3 aromatic carbocycles. The van der Waals surface area contributed by atoms with E-state index in [1.54, 1.807) is 22.9 Å². The zero-order chi connectivity index (χ0) is 29.9. The number of rotatable bonds is 2. The van der Waals surface area contributed by atoms with E-state index < -0.39 is 0 Å². The van der Waals surface area contributed by atoms with Gasteiger partial charge in [-0.15, -0.1) is 0 Å². The Labute approximate surface area is 250 Å². The highest BCUT2D eigenvalue weighted by Crippen LogP contribution is 2.39. The van der Waals surface area contributed by atoms with Gasteiger partial charge in [-0.25, -0.2) is 9.67 Å². The van der Waals surface area contributed by atoms with E-state index in [-0.39, 0.29) is 30.2 Å². The normalized spacial score (nSPS) is 17.0. The standard InChI is InChI=1S/C33H35N5O5/c1-21-35-22(2)38(36-21)20-32(41)37-16-14-25-19-27-10-11-28(25)33(37)24-6-8-26(9-7-24)42-17-3-15-34-31(40)13-5-23-4-12-29(39)30(18-23)43-27/h4,6-12,18-19,33,39H,3,5,13-17,20H2,1-2H3,(H,34,40). The fourth-order valence-corrected chi connectivity index (χ4v) is 5.73. The van der Waals surface area contributed by atoms with Gasteiger partial charge >= 0.3 is 0 Å². The highest BCUT2D eigenvalue weighted by Gasteiger charge is 2.33. The molecule has 1 aromatic heterocycles. The summed E-state index contributed by atoms with van der Waals surface area (Å²) in [6, 6.07) is 18.5. The molecule has 1 atom stereocenters. The Balaban J connectivity index is 1.35. The molecule has 0 saturated heterocycles. The van der Waals surface area contributed by atoms with Gasteiger partial charge in [0.2, 0.25) is 11.8 Å². The number of nitrogens with one attached hydrogen (secondary N) is 1. The third kappa shape index (κ3) is 6.33. The molecule has 0 fully saturated rings. The molecular formula is C33H35N5O5. The number of aromatic hydroxyl groups is 1. The lowest BCUT2D eigenvalue weighted by Gasteiger charge is -2.38. The summed E-state index contributed by atoms with van der Waals surface area (Å²) in [5.74, 6) is 2.93. The molecule has 2 amide bonds. The largest absolute Gasteiger partial charge is 0.504 e. The first-order chi connectivity index (χ1) is 20.8. The average molecular weight is 582 g/mol. The molecule has 222 valence electrons. The first kappa shape index (κ1) is 28.3. The number of ether oxygens (including phenoxy) is 2. The monoisotopic (exact) mass is 581 g/mol. The maximum Gasteiger partial charge on any atom is 0.245 e. The van der Waals surface area contributed by atoms with Gasteiger partial charge in [0.05, 0.1) is 12.6 Å². The first-order valence-corrected chi connectivity index (χ1v) is 14.6. The Morgan fingerprint density at radius 2 is 1.84 bits per heavy atom. The molecule has 10 nitrogen and oxygen atoms in total. The van der Waals surface area contributed by atoms with E-state index in [4.69, 9.17) is 9.47 Å². The molecule has 9 rings (SSSR count). The first-order valence-electron chi connectivity index (χ1n) is 14.6. The van der Waals surface area contributed by atoms with Crippen LogP contribution in [0.25, 0.3) is 0 Å². The summed E-state index contributed by atoms with van der Waals surface area (Å²) >= 11 is 0. The molecule has 0 aliphatic carbocycles. The molecule has 6 heterocycles. The number of amides is 2. The number of phenolic OH excluding ortho intramolecular Hbond substituents is 1. The van der Waals surface area contributed by atoms with Crippen molar-refractivity contribution >= 4 is 11.8 Å². The van der Waals surface area contributed by atoms with Crippen molar-refractivity contribution in [2.75, 3.05) is 19.7 Å². The van der Waals surface area contributed by atoms with Crippen LogP contribution in [0, 0.1) is 13.8 Å². The molecule has 43 heavy (non-hydrogen) atoms. The van der Waals surface area contributed by atoms with Crippen LogP contribution in [0.15, 0.2) is 60.7 Å². The number of benzene rings is 3. The quantitative estimate of drug-likeness (QED) is 0.360. The van der Waals surface area contributed by atoms with Crippen LogP contribution in [0.2, 0.25) is 0 Å². The van der Waals surface area contributed by atoms with Crippen LogP contribution in [0.5, 0.6) is 23.0 Å². The topological polar surface area (TPSA) is 119 Å². The number of carbonyl (C=O) groups is 2. The number of phenols is 1. The van der Waals surface area contributed by atoms with E-state index in [1.807, 2.05) is 61.2 Å². The van der Waals surface area contributed by atoms with Crippen LogP contribution < -0.4 is 14.8 Å². The van der Waals surface area contributed by atoms with Gasteiger partial charge in [0.25, 0.3) is 0 Å². The van der Waals surface area contributed by atoms with Crippen LogP contribution in [0.4, 0.5) is 0 Å². The predicted molar refractivity (Wildman–Crippen MR) is 159 cm³/mol. The molecule has 5 aliphatic heterocycles. The summed E-state index contributed by atoms with van der Waals surface area (Å²) in [4.78, 5) is 32.4. The van der Waals surface area contributed by atoms with E-state index in [0.717, 1.165) is 28.0 Å². The van der Waals surface area contributed by atoms with E-state index in [9.17, 15) is 14.7 Å². The number of carbonyl (C=O) groups excluding carboxylic acids is 2. The summed E-state index contributed by atoms with van der Waals surface area (Å²) in [6.07, 6.45) is 2.17. The molecule has 8 bridgehead atoms. The van der Waals surface area contributed by atoms with Crippen LogP contribution in [0.3, 0.4) is 0 Å². The third-order valence-electron chi connectivity index (χ3n) is 7.91. The molecule has 0 spiro atoms. The fraction of sp³-hybridized carbons (Fsp3) is 0.333. The number of hydrogen-bond donors (Lipinski definition) is 2. The predicted octanol–water partition coefficient (Wildman–Crippen LogP) is 4.40. The summed E-state index contributed by atoms with van der Waals surface area (Å²) in [6.45, 7) is 5.27. The Morgan fingerprint density at radius 3 is 2.63 bits per heavy atom. The number of aryl methyl sites for hydroxylation is 3. The highest BCUT2D eigenvalue weighted by molar-refractivity contribution is 5.78. The van der Waals surface area contributed by atoms with Gasteiger partial charge in [-0.1, -0.05) is 24.3 Å². The van der Waals surface area contributed by atoms with Crippen molar-refractivity contribution in [3.63, 3.8) is 0 Å². The van der Waals surface area contributed by atoms with Crippen LogP contribution in [-0.4, -0.2) is 56.3 Å². The molecule has 4 aromatic rings. The Hall–Kier alpha value is -4.86. The van der Waals surface area contributed by atoms with E-state index in [2.05, 4.69) is 15.4 Å². The molecule has 0 radical (unpaired) electrons. The molecule has 1 unspecified atom stereocenters. The van der Waals surface area contributed by atoms with Gasteiger partial charge in [-0.2, -0.15) is 5.10 Å². The number of aromatic nitrogens is 3. The lowest BCUT2D eigenvalue weighted by Crippen LogP contribution is -2.42. The zero-order valence-corrected chi connectivity index (χ0v) is 24.4. The fourth-order valence-electron chi connectivity index (χ4n) is 5.73. The van der Waals surface area contributed by atoms with Crippen LogP contribution in [0.1, 0.15) is 52.8 Å². The molecular weight excluding hydrogens is 546 g/mol. The van der Waals surface area contributed by atoms with E-state index in [0.29, 0.717) is 68.5 Å². The smallest absolute Gasteiger partial charge is 0.245 e. The summed E-state index contributed by atoms with van der Waals surface area (Å²) in [7, 11) is 0. The van der Waals surface area contributed by atoms with Crippen molar-refractivity contribution in [2.45, 2.75) is 52.1 Å². The van der Waals surface area contributed by atoms with E-state index >= 15 is 0 Å². The van der Waals surface area contributed by atoms with Crippen molar-refractivity contribution in [3.05, 3.63) is 94.6 Å². The third-order valence-corrected chi connectivity index (χ3v) is 7.91. The van der Waals surface area contributed by atoms with Crippen molar-refractivity contribution in [2.24, 2.45) is 0 Å². The summed E-state index contributed by atoms with van der Waals surface area (Å²) < 4.78 is 13.7. The second kappa shape index (κ2) is 12.2. The molecule has 2 N–H and O–H groups in total. The van der Waals surface area contributed by atoms with Crippen LogP contribution in [-0.2, 0) is 29.0 Å². The zero-order valence-electron chi connectivity index (χ0n) is 24.4. The van der Waals surface area contributed by atoms with Gasteiger partial charge in [0.1, 0.15) is 29.7 Å². The molecule has 0 saturated carbocycles.